The van der Waals surface area contributed by atoms with Gasteiger partial charge < -0.3 is 14.6 Å². The molecule has 0 unspecified atom stereocenters. The van der Waals surface area contributed by atoms with Crippen LogP contribution in [0.2, 0.25) is 0 Å². The molecule has 0 bridgehead atoms. The zero-order valence-electron chi connectivity index (χ0n) is 16.8. The van der Waals surface area contributed by atoms with Gasteiger partial charge in [0.05, 0.1) is 19.4 Å². The van der Waals surface area contributed by atoms with Gasteiger partial charge in [-0.05, 0) is 6.42 Å². The number of hydrogen-bond donors (Lipinski definition) is 1. The molecule has 5 nitrogen and oxygen atoms in total. The molecule has 0 rings (SSSR count). The monoisotopic (exact) mass is 372 g/mol. The summed E-state index contributed by atoms with van der Waals surface area (Å²) in [5, 5.41) is 8.39. The molecular weight excluding hydrogens is 332 g/mol. The zero-order chi connectivity index (χ0) is 19.3. The van der Waals surface area contributed by atoms with Gasteiger partial charge in [0.25, 0.3) is 0 Å². The summed E-state index contributed by atoms with van der Waals surface area (Å²) in [6.07, 6.45) is 18.1. The predicted octanol–water partition coefficient (Wildman–Crippen LogP) is 5.28. The molecule has 0 amide bonds. The van der Waals surface area contributed by atoms with E-state index in [1.807, 2.05) is 0 Å². The number of aliphatic hydroxyl groups excluding tert-OH is 1. The van der Waals surface area contributed by atoms with Crippen molar-refractivity contribution < 1.29 is 24.2 Å². The Bertz CT molecular complexity index is 330. The smallest absolute Gasteiger partial charge is 0.308 e. The second kappa shape index (κ2) is 20.2. The van der Waals surface area contributed by atoms with Gasteiger partial charge in [-0.2, -0.15) is 0 Å². The molecule has 0 radical (unpaired) electrons. The van der Waals surface area contributed by atoms with Crippen molar-refractivity contribution in [2.45, 2.75) is 110 Å². The molecule has 1 N–H and O–H groups in total. The van der Waals surface area contributed by atoms with Crippen LogP contribution in [0.3, 0.4) is 0 Å². The maximum absolute atomic E-state index is 11.4. The molecule has 0 aromatic rings. The molecule has 26 heavy (non-hydrogen) atoms. The number of aliphatic hydroxyl groups is 1. The Balaban J connectivity index is 3.17. The standard InChI is InChI=1S/C21H40O5/c1-2-3-4-5-6-7-8-9-10-11-12-13-14-15-18-25-20(23)16-17-21(24)26-19-22/h22H,2-19H2,1H3. The van der Waals surface area contributed by atoms with E-state index >= 15 is 0 Å². The topological polar surface area (TPSA) is 72.8 Å². The molecule has 0 aromatic carbocycles. The summed E-state index contributed by atoms with van der Waals surface area (Å²) >= 11 is 0. The van der Waals surface area contributed by atoms with Crippen LogP contribution in [0.1, 0.15) is 110 Å². The third-order valence-corrected chi connectivity index (χ3v) is 4.52. The van der Waals surface area contributed by atoms with Crippen molar-refractivity contribution in [2.75, 3.05) is 13.4 Å². The number of carbonyl (C=O) groups excluding carboxylic acids is 2. The highest BCUT2D eigenvalue weighted by atomic mass is 16.6. The van der Waals surface area contributed by atoms with E-state index in [4.69, 9.17) is 9.84 Å². The van der Waals surface area contributed by atoms with Crippen molar-refractivity contribution in [2.24, 2.45) is 0 Å². The summed E-state index contributed by atoms with van der Waals surface area (Å²) in [5.41, 5.74) is 0. The first-order chi connectivity index (χ1) is 12.7. The maximum Gasteiger partial charge on any atom is 0.308 e. The number of ether oxygens (including phenoxy) is 2. The summed E-state index contributed by atoms with van der Waals surface area (Å²) in [4.78, 5) is 22.4. The zero-order valence-corrected chi connectivity index (χ0v) is 16.8. The van der Waals surface area contributed by atoms with Crippen LogP contribution in [-0.4, -0.2) is 30.4 Å². The first-order valence-electron chi connectivity index (χ1n) is 10.6. The van der Waals surface area contributed by atoms with E-state index in [0.717, 1.165) is 12.8 Å². The van der Waals surface area contributed by atoms with E-state index in [0.29, 0.717) is 6.61 Å². The number of unbranched alkanes of at least 4 members (excludes halogenated alkanes) is 13. The third kappa shape index (κ3) is 19.2. The highest BCUT2D eigenvalue weighted by Crippen LogP contribution is 2.13. The van der Waals surface area contributed by atoms with Crippen LogP contribution in [0, 0.1) is 0 Å². The average molecular weight is 373 g/mol. The molecule has 0 aromatic heterocycles. The van der Waals surface area contributed by atoms with Gasteiger partial charge in [0, 0.05) is 0 Å². The maximum atomic E-state index is 11.4. The van der Waals surface area contributed by atoms with Gasteiger partial charge in [-0.15, -0.1) is 0 Å². The summed E-state index contributed by atoms with van der Waals surface area (Å²) in [5.74, 6) is -0.962. The Kier molecular flexibility index (Phi) is 19.4. The van der Waals surface area contributed by atoms with Crippen LogP contribution >= 0.6 is 0 Å². The summed E-state index contributed by atoms with van der Waals surface area (Å²) in [6, 6.07) is 0. The molecule has 0 fully saturated rings. The van der Waals surface area contributed by atoms with Crippen LogP contribution < -0.4 is 0 Å². The first kappa shape index (κ1) is 24.9. The Morgan fingerprint density at radius 1 is 0.615 bits per heavy atom. The average Bonchev–Trinajstić information content (AvgIpc) is 2.63. The van der Waals surface area contributed by atoms with Crippen LogP contribution in [0.25, 0.3) is 0 Å². The van der Waals surface area contributed by atoms with Gasteiger partial charge in [0.15, 0.2) is 6.79 Å². The fraction of sp³-hybridized carbons (Fsp3) is 0.905. The van der Waals surface area contributed by atoms with E-state index in [1.54, 1.807) is 0 Å². The molecule has 0 saturated carbocycles. The normalized spacial score (nSPS) is 10.7. The van der Waals surface area contributed by atoms with Gasteiger partial charge in [-0.3, -0.25) is 9.59 Å². The summed E-state index contributed by atoms with van der Waals surface area (Å²) in [6.45, 7) is 2.03. The molecule has 0 aliphatic rings. The second-order valence-electron chi connectivity index (χ2n) is 6.96. The van der Waals surface area contributed by atoms with Crippen molar-refractivity contribution in [3.63, 3.8) is 0 Å². The quantitative estimate of drug-likeness (QED) is 0.190. The molecule has 0 saturated heterocycles. The van der Waals surface area contributed by atoms with Crippen LogP contribution in [0.4, 0.5) is 0 Å². The fourth-order valence-electron chi connectivity index (χ4n) is 2.90. The van der Waals surface area contributed by atoms with Gasteiger partial charge in [0.1, 0.15) is 0 Å². The fourth-order valence-corrected chi connectivity index (χ4v) is 2.90. The second-order valence-corrected chi connectivity index (χ2v) is 6.96. The van der Waals surface area contributed by atoms with Crippen molar-refractivity contribution in [3.05, 3.63) is 0 Å². The summed E-state index contributed by atoms with van der Waals surface area (Å²) in [7, 11) is 0. The lowest BCUT2D eigenvalue weighted by Gasteiger charge is -2.05. The lowest BCUT2D eigenvalue weighted by molar-refractivity contribution is -0.155. The molecule has 0 atom stereocenters. The van der Waals surface area contributed by atoms with Crippen molar-refractivity contribution in [1.29, 1.82) is 0 Å². The molecule has 0 aliphatic carbocycles. The van der Waals surface area contributed by atoms with E-state index < -0.39 is 12.8 Å². The minimum absolute atomic E-state index is 0.0113. The number of carbonyl (C=O) groups is 2. The molecule has 5 heteroatoms. The Hall–Kier alpha value is -1.10. The SMILES string of the molecule is CCCCCCCCCCCCCCCCOC(=O)CCC(=O)OCO. The van der Waals surface area contributed by atoms with E-state index in [-0.39, 0.29) is 18.8 Å². The van der Waals surface area contributed by atoms with E-state index in [2.05, 4.69) is 11.7 Å². The Labute approximate surface area is 159 Å². The van der Waals surface area contributed by atoms with E-state index in [1.165, 1.54) is 77.0 Å². The third-order valence-electron chi connectivity index (χ3n) is 4.52. The largest absolute Gasteiger partial charge is 0.466 e. The summed E-state index contributed by atoms with van der Waals surface area (Å²) < 4.78 is 9.40. The van der Waals surface area contributed by atoms with Gasteiger partial charge >= 0.3 is 11.9 Å². The Morgan fingerprint density at radius 3 is 1.42 bits per heavy atom. The number of hydrogen-bond acceptors (Lipinski definition) is 5. The van der Waals surface area contributed by atoms with Crippen molar-refractivity contribution in [3.8, 4) is 0 Å². The van der Waals surface area contributed by atoms with Crippen LogP contribution in [0.15, 0.2) is 0 Å². The minimum Gasteiger partial charge on any atom is -0.466 e. The van der Waals surface area contributed by atoms with Gasteiger partial charge in [-0.25, -0.2) is 0 Å². The highest BCUT2D eigenvalue weighted by Gasteiger charge is 2.08. The molecule has 154 valence electrons. The van der Waals surface area contributed by atoms with Gasteiger partial charge in [-0.1, -0.05) is 90.4 Å². The molecule has 0 aliphatic heterocycles. The van der Waals surface area contributed by atoms with Crippen molar-refractivity contribution in [1.82, 2.24) is 0 Å². The highest BCUT2D eigenvalue weighted by molar-refractivity contribution is 5.77. The molecule has 0 heterocycles. The molecular formula is C21H40O5. The minimum atomic E-state index is -0.646. The molecule has 0 spiro atoms. The predicted molar refractivity (Wildman–Crippen MR) is 104 cm³/mol. The van der Waals surface area contributed by atoms with E-state index in [9.17, 15) is 9.59 Å². The van der Waals surface area contributed by atoms with Gasteiger partial charge in [0.2, 0.25) is 0 Å². The first-order valence-corrected chi connectivity index (χ1v) is 10.6. The number of rotatable bonds is 19. The Morgan fingerprint density at radius 2 is 1.00 bits per heavy atom. The van der Waals surface area contributed by atoms with Crippen LogP contribution in [-0.2, 0) is 19.1 Å². The van der Waals surface area contributed by atoms with Crippen molar-refractivity contribution >= 4 is 11.9 Å². The lowest BCUT2D eigenvalue weighted by Crippen LogP contribution is -2.11. The lowest BCUT2D eigenvalue weighted by atomic mass is 10.0. The number of esters is 2. The van der Waals surface area contributed by atoms with Crippen LogP contribution in [0.5, 0.6) is 0 Å².